The second-order valence-corrected chi connectivity index (χ2v) is 3.52. The number of para-hydroxylation sites is 1. The minimum Gasteiger partial charge on any atom is -0.298 e. The van der Waals surface area contributed by atoms with E-state index in [1.54, 1.807) is 10.9 Å². The second kappa shape index (κ2) is 3.75. The van der Waals surface area contributed by atoms with Crippen LogP contribution in [0.2, 0.25) is 0 Å². The summed E-state index contributed by atoms with van der Waals surface area (Å²) < 4.78 is 2.23. The Bertz CT molecular complexity index is 450. The van der Waals surface area contributed by atoms with E-state index in [0.29, 0.717) is 10.2 Å². The summed E-state index contributed by atoms with van der Waals surface area (Å²) in [5, 5.41) is 4.15. The first-order chi connectivity index (χ1) is 6.81. The summed E-state index contributed by atoms with van der Waals surface area (Å²) in [7, 11) is 0. The maximum absolute atomic E-state index is 10.6. The van der Waals surface area contributed by atoms with Gasteiger partial charge in [0.05, 0.1) is 11.3 Å². The Kier molecular flexibility index (Phi) is 2.45. The minimum absolute atomic E-state index is 0.550. The molecule has 2 rings (SSSR count). The Morgan fingerprint density at radius 3 is 2.57 bits per heavy atom. The van der Waals surface area contributed by atoms with Gasteiger partial charge in [-0.05, 0) is 28.1 Å². The van der Waals surface area contributed by atoms with E-state index in [-0.39, 0.29) is 0 Å². The van der Waals surface area contributed by atoms with Crippen LogP contribution in [-0.2, 0) is 0 Å². The van der Waals surface area contributed by atoms with E-state index in [0.717, 1.165) is 12.0 Å². The van der Waals surface area contributed by atoms with Gasteiger partial charge < -0.3 is 0 Å². The zero-order valence-electron chi connectivity index (χ0n) is 7.22. The van der Waals surface area contributed by atoms with Crippen LogP contribution >= 0.6 is 15.9 Å². The van der Waals surface area contributed by atoms with Gasteiger partial charge in [0.2, 0.25) is 0 Å². The number of aromatic nitrogens is 2. The van der Waals surface area contributed by atoms with Gasteiger partial charge in [-0.25, -0.2) is 4.68 Å². The van der Waals surface area contributed by atoms with Crippen molar-refractivity contribution in [1.29, 1.82) is 0 Å². The van der Waals surface area contributed by atoms with Gasteiger partial charge in [0.15, 0.2) is 6.29 Å². The molecule has 14 heavy (non-hydrogen) atoms. The van der Waals surface area contributed by atoms with Crippen LogP contribution in [0.1, 0.15) is 10.4 Å². The number of carbonyl (C=O) groups excluding carboxylic acids is 1. The molecule has 1 aromatic carbocycles. The van der Waals surface area contributed by atoms with Crippen LogP contribution in [0.5, 0.6) is 0 Å². The van der Waals surface area contributed by atoms with Crippen molar-refractivity contribution < 1.29 is 4.79 Å². The molecule has 0 atom stereocenters. The Morgan fingerprint density at radius 2 is 2.00 bits per heavy atom. The highest BCUT2D eigenvalue weighted by Crippen LogP contribution is 2.15. The molecule has 0 spiro atoms. The largest absolute Gasteiger partial charge is 0.298 e. The summed E-state index contributed by atoms with van der Waals surface area (Å²) in [6.45, 7) is 0. The minimum atomic E-state index is 0.550. The number of halogens is 1. The molecule has 2 aromatic rings. The molecular weight excluding hydrogens is 244 g/mol. The zero-order chi connectivity index (χ0) is 9.97. The van der Waals surface area contributed by atoms with Crippen LogP contribution in [-0.4, -0.2) is 16.1 Å². The number of hydrogen-bond acceptors (Lipinski definition) is 2. The van der Waals surface area contributed by atoms with Gasteiger partial charge in [0.1, 0.15) is 4.60 Å². The number of benzene rings is 1. The lowest BCUT2D eigenvalue weighted by Crippen LogP contribution is -1.92. The van der Waals surface area contributed by atoms with Gasteiger partial charge >= 0.3 is 0 Å². The molecule has 0 unspecified atom stereocenters. The number of aldehydes is 1. The third kappa shape index (κ3) is 1.61. The number of hydrogen-bond donors (Lipinski definition) is 0. The summed E-state index contributed by atoms with van der Waals surface area (Å²) in [4.78, 5) is 10.6. The molecule has 0 aliphatic heterocycles. The Balaban J connectivity index is 2.48. The van der Waals surface area contributed by atoms with Crippen molar-refractivity contribution in [3.63, 3.8) is 0 Å². The molecule has 70 valence electrons. The van der Waals surface area contributed by atoms with Crippen molar-refractivity contribution in [3.8, 4) is 5.69 Å². The maximum Gasteiger partial charge on any atom is 0.154 e. The lowest BCUT2D eigenvalue weighted by Gasteiger charge is -1.98. The fraction of sp³-hybridized carbons (Fsp3) is 0. The van der Waals surface area contributed by atoms with Gasteiger partial charge in [-0.3, -0.25) is 4.79 Å². The molecule has 0 radical (unpaired) electrons. The average Bonchev–Trinajstić information content (AvgIpc) is 2.61. The second-order valence-electron chi connectivity index (χ2n) is 2.77. The number of rotatable bonds is 2. The molecule has 4 heteroatoms. The highest BCUT2D eigenvalue weighted by Gasteiger charge is 2.05. The summed E-state index contributed by atoms with van der Waals surface area (Å²) in [6.07, 6.45) is 2.46. The molecule has 0 aliphatic rings. The van der Waals surface area contributed by atoms with E-state index in [2.05, 4.69) is 21.0 Å². The average molecular weight is 251 g/mol. The Morgan fingerprint density at radius 1 is 1.29 bits per heavy atom. The molecule has 0 saturated heterocycles. The summed E-state index contributed by atoms with van der Waals surface area (Å²) >= 11 is 3.21. The quantitative estimate of drug-likeness (QED) is 0.768. The maximum atomic E-state index is 10.6. The highest BCUT2D eigenvalue weighted by atomic mass is 79.9. The van der Waals surface area contributed by atoms with Crippen molar-refractivity contribution in [1.82, 2.24) is 9.78 Å². The first-order valence-corrected chi connectivity index (χ1v) is 4.86. The van der Waals surface area contributed by atoms with E-state index in [1.165, 1.54) is 0 Å². The van der Waals surface area contributed by atoms with Crippen LogP contribution in [0.25, 0.3) is 5.69 Å². The van der Waals surface area contributed by atoms with E-state index in [9.17, 15) is 4.79 Å². The molecule has 0 bridgehead atoms. The molecule has 0 N–H and O–H groups in total. The van der Waals surface area contributed by atoms with Gasteiger partial charge in [0, 0.05) is 6.20 Å². The molecular formula is C10H7BrN2O. The predicted octanol–water partition coefficient (Wildman–Crippen LogP) is 2.45. The Hall–Kier alpha value is -1.42. The first-order valence-electron chi connectivity index (χ1n) is 4.07. The number of nitrogens with zero attached hydrogens (tertiary/aromatic N) is 2. The van der Waals surface area contributed by atoms with Crippen molar-refractivity contribution in [2.24, 2.45) is 0 Å². The highest BCUT2D eigenvalue weighted by molar-refractivity contribution is 9.10. The van der Waals surface area contributed by atoms with E-state index < -0.39 is 0 Å². The summed E-state index contributed by atoms with van der Waals surface area (Å²) in [5.74, 6) is 0. The lowest BCUT2D eigenvalue weighted by atomic mass is 10.3. The fourth-order valence-electron chi connectivity index (χ4n) is 1.16. The molecule has 1 heterocycles. The van der Waals surface area contributed by atoms with Crippen molar-refractivity contribution in [2.75, 3.05) is 0 Å². The fourth-order valence-corrected chi connectivity index (χ4v) is 1.52. The van der Waals surface area contributed by atoms with E-state index >= 15 is 0 Å². The number of carbonyl (C=O) groups is 1. The smallest absolute Gasteiger partial charge is 0.154 e. The third-order valence-electron chi connectivity index (χ3n) is 1.84. The van der Waals surface area contributed by atoms with Crippen LogP contribution in [0.15, 0.2) is 41.1 Å². The van der Waals surface area contributed by atoms with Crippen molar-refractivity contribution >= 4 is 22.2 Å². The van der Waals surface area contributed by atoms with Gasteiger partial charge in [-0.2, -0.15) is 5.10 Å². The SMILES string of the molecule is O=Cc1cn(-c2ccccc2)nc1Br. The standard InChI is InChI=1S/C10H7BrN2O/c11-10-8(7-14)6-13(12-10)9-4-2-1-3-5-9/h1-7H. The van der Waals surface area contributed by atoms with Gasteiger partial charge in [-0.15, -0.1) is 0 Å². The normalized spacial score (nSPS) is 10.1. The zero-order valence-corrected chi connectivity index (χ0v) is 8.81. The van der Waals surface area contributed by atoms with Crippen LogP contribution < -0.4 is 0 Å². The first kappa shape index (κ1) is 9.15. The third-order valence-corrected chi connectivity index (χ3v) is 2.46. The van der Waals surface area contributed by atoms with Crippen LogP contribution in [0.4, 0.5) is 0 Å². The van der Waals surface area contributed by atoms with Crippen LogP contribution in [0.3, 0.4) is 0 Å². The molecule has 0 saturated carbocycles. The van der Waals surface area contributed by atoms with Gasteiger partial charge in [0.25, 0.3) is 0 Å². The van der Waals surface area contributed by atoms with Gasteiger partial charge in [-0.1, -0.05) is 18.2 Å². The lowest BCUT2D eigenvalue weighted by molar-refractivity contribution is 0.112. The molecule has 0 aliphatic carbocycles. The van der Waals surface area contributed by atoms with E-state index in [1.807, 2.05) is 30.3 Å². The molecule has 0 amide bonds. The van der Waals surface area contributed by atoms with Crippen molar-refractivity contribution in [2.45, 2.75) is 0 Å². The van der Waals surface area contributed by atoms with Crippen LogP contribution in [0, 0.1) is 0 Å². The topological polar surface area (TPSA) is 34.9 Å². The predicted molar refractivity (Wildman–Crippen MR) is 56.7 cm³/mol. The Labute approximate surface area is 89.5 Å². The molecule has 3 nitrogen and oxygen atoms in total. The summed E-state index contributed by atoms with van der Waals surface area (Å²) in [6, 6.07) is 9.63. The molecule has 0 fully saturated rings. The summed E-state index contributed by atoms with van der Waals surface area (Å²) in [5.41, 5.74) is 1.48. The monoisotopic (exact) mass is 250 g/mol. The van der Waals surface area contributed by atoms with E-state index in [4.69, 9.17) is 0 Å². The van der Waals surface area contributed by atoms with Crippen molar-refractivity contribution in [3.05, 3.63) is 46.7 Å². The molecule has 1 aromatic heterocycles.